The van der Waals surface area contributed by atoms with Crippen LogP contribution in [0.4, 0.5) is 26.8 Å². The summed E-state index contributed by atoms with van der Waals surface area (Å²) in [6.07, 6.45) is 3.59. The lowest BCUT2D eigenvalue weighted by molar-refractivity contribution is 0.176. The van der Waals surface area contributed by atoms with Crippen LogP contribution in [-0.2, 0) is 0 Å². The summed E-state index contributed by atoms with van der Waals surface area (Å²) in [5.74, 6) is 1.13. The Morgan fingerprint density at radius 1 is 1.06 bits per heavy atom. The molecule has 3 N–H and O–H groups in total. The van der Waals surface area contributed by atoms with E-state index in [0.29, 0.717) is 25.3 Å². The first-order valence-corrected chi connectivity index (χ1v) is 11.4. The topological polar surface area (TPSA) is 89.6 Å². The van der Waals surface area contributed by atoms with Crippen LogP contribution in [0.2, 0.25) is 0 Å². The van der Waals surface area contributed by atoms with Gasteiger partial charge in [0.25, 0.3) is 0 Å². The van der Waals surface area contributed by atoms with Crippen LogP contribution in [-0.4, -0.2) is 54.7 Å². The van der Waals surface area contributed by atoms with Crippen LogP contribution >= 0.6 is 0 Å². The van der Waals surface area contributed by atoms with Crippen LogP contribution < -0.4 is 20.9 Å². The van der Waals surface area contributed by atoms with Crippen molar-refractivity contribution in [2.75, 3.05) is 48.3 Å². The highest BCUT2D eigenvalue weighted by Crippen LogP contribution is 2.19. The van der Waals surface area contributed by atoms with Crippen molar-refractivity contribution in [1.29, 1.82) is 0 Å². The van der Waals surface area contributed by atoms with Crippen molar-refractivity contribution in [2.24, 2.45) is 5.92 Å². The molecule has 0 saturated carbocycles. The van der Waals surface area contributed by atoms with E-state index in [1.807, 2.05) is 48.2 Å². The Bertz CT molecular complexity index is 880. The van der Waals surface area contributed by atoms with Gasteiger partial charge in [-0.3, -0.25) is 0 Å². The molecule has 3 rings (SSSR count). The predicted octanol–water partition coefficient (Wildman–Crippen LogP) is 4.30. The Morgan fingerprint density at radius 2 is 1.78 bits per heavy atom. The van der Waals surface area contributed by atoms with Crippen molar-refractivity contribution in [3.05, 3.63) is 48.2 Å². The number of carbonyl (C=O) groups excluding carboxylic acids is 2. The number of aryl methyl sites for hydroxylation is 1. The highest BCUT2D eigenvalue weighted by Gasteiger charge is 2.24. The Morgan fingerprint density at radius 3 is 2.44 bits per heavy atom. The lowest BCUT2D eigenvalue weighted by atomic mass is 9.98. The molecule has 8 heteroatoms. The normalized spacial score (nSPS) is 15.7. The maximum atomic E-state index is 12.7. The molecule has 1 atom stereocenters. The number of likely N-dealkylation sites (tertiary alicyclic amines) is 1. The summed E-state index contributed by atoms with van der Waals surface area (Å²) in [5, 5.41) is 8.71. The van der Waals surface area contributed by atoms with Crippen molar-refractivity contribution in [3.8, 4) is 0 Å². The van der Waals surface area contributed by atoms with Gasteiger partial charge < -0.3 is 25.8 Å². The second kappa shape index (κ2) is 11.4. The van der Waals surface area contributed by atoms with E-state index >= 15 is 0 Å². The molecular formula is C24H34N6O2. The van der Waals surface area contributed by atoms with Crippen LogP contribution in [0.15, 0.2) is 42.6 Å². The molecule has 8 nitrogen and oxygen atoms in total. The van der Waals surface area contributed by atoms with E-state index in [2.05, 4.69) is 39.7 Å². The van der Waals surface area contributed by atoms with Gasteiger partial charge in [0.05, 0.1) is 11.9 Å². The van der Waals surface area contributed by atoms with E-state index < -0.39 is 0 Å². The van der Waals surface area contributed by atoms with Crippen LogP contribution in [0.5, 0.6) is 0 Å². The third-order valence-corrected chi connectivity index (χ3v) is 5.75. The minimum atomic E-state index is -0.227. The van der Waals surface area contributed by atoms with Crippen molar-refractivity contribution >= 4 is 29.3 Å². The standard InChI is InChI=1S/C24H34N6O2/c1-4-29(5-2)22-13-12-21(16-25-22)28-24(32)30-14-6-7-19(17-30)15-26-23(31)27-20-10-8-18(3)9-11-20/h8-13,16,19H,4-7,14-15,17H2,1-3H3,(H,28,32)(H2,26,27,31). The minimum absolute atomic E-state index is 0.129. The van der Waals surface area contributed by atoms with Gasteiger partial charge in [0, 0.05) is 38.4 Å². The number of rotatable bonds is 7. The van der Waals surface area contributed by atoms with Crippen molar-refractivity contribution in [3.63, 3.8) is 0 Å². The molecular weight excluding hydrogens is 404 g/mol. The molecule has 1 aliphatic heterocycles. The molecule has 2 heterocycles. The fourth-order valence-electron chi connectivity index (χ4n) is 3.86. The average Bonchev–Trinajstić information content (AvgIpc) is 2.81. The Hall–Kier alpha value is -3.29. The second-order valence-corrected chi connectivity index (χ2v) is 8.16. The largest absolute Gasteiger partial charge is 0.357 e. The van der Waals surface area contributed by atoms with Gasteiger partial charge in [-0.25, -0.2) is 14.6 Å². The Labute approximate surface area is 190 Å². The molecule has 0 spiro atoms. The number of amides is 4. The van der Waals surface area contributed by atoms with Crippen LogP contribution in [0, 0.1) is 12.8 Å². The third-order valence-electron chi connectivity index (χ3n) is 5.75. The number of anilines is 3. The highest BCUT2D eigenvalue weighted by atomic mass is 16.2. The van der Waals surface area contributed by atoms with Crippen molar-refractivity contribution in [1.82, 2.24) is 15.2 Å². The molecule has 0 radical (unpaired) electrons. The first kappa shape index (κ1) is 23.4. The molecule has 2 aromatic rings. The number of carbonyl (C=O) groups is 2. The van der Waals surface area contributed by atoms with E-state index in [-0.39, 0.29) is 18.0 Å². The fraction of sp³-hybridized carbons (Fsp3) is 0.458. The zero-order valence-electron chi connectivity index (χ0n) is 19.2. The van der Waals surface area contributed by atoms with Gasteiger partial charge in [0.2, 0.25) is 0 Å². The van der Waals surface area contributed by atoms with E-state index in [9.17, 15) is 9.59 Å². The van der Waals surface area contributed by atoms with E-state index in [4.69, 9.17) is 0 Å². The molecule has 0 aliphatic carbocycles. The number of hydrogen-bond acceptors (Lipinski definition) is 4. The summed E-state index contributed by atoms with van der Waals surface area (Å²) < 4.78 is 0. The molecule has 1 unspecified atom stereocenters. The van der Waals surface area contributed by atoms with Crippen LogP contribution in [0.3, 0.4) is 0 Å². The Balaban J connectivity index is 1.45. The molecule has 0 bridgehead atoms. The zero-order valence-corrected chi connectivity index (χ0v) is 19.2. The molecule has 1 aromatic carbocycles. The lowest BCUT2D eigenvalue weighted by Gasteiger charge is -2.32. The predicted molar refractivity (Wildman–Crippen MR) is 129 cm³/mol. The fourth-order valence-corrected chi connectivity index (χ4v) is 3.86. The number of nitrogens with zero attached hydrogens (tertiary/aromatic N) is 3. The van der Waals surface area contributed by atoms with Gasteiger partial charge in [-0.05, 0) is 63.8 Å². The smallest absolute Gasteiger partial charge is 0.321 e. The van der Waals surface area contributed by atoms with Crippen molar-refractivity contribution in [2.45, 2.75) is 33.6 Å². The number of pyridine rings is 1. The van der Waals surface area contributed by atoms with E-state index in [1.165, 1.54) is 0 Å². The number of piperidine rings is 1. The van der Waals surface area contributed by atoms with Crippen LogP contribution in [0.1, 0.15) is 32.3 Å². The quantitative estimate of drug-likeness (QED) is 0.601. The molecule has 32 heavy (non-hydrogen) atoms. The average molecular weight is 439 g/mol. The number of urea groups is 2. The van der Waals surface area contributed by atoms with Gasteiger partial charge in [-0.2, -0.15) is 0 Å². The van der Waals surface area contributed by atoms with E-state index in [0.717, 1.165) is 43.0 Å². The van der Waals surface area contributed by atoms with Gasteiger partial charge >= 0.3 is 12.1 Å². The first-order chi connectivity index (χ1) is 15.5. The summed E-state index contributed by atoms with van der Waals surface area (Å²) >= 11 is 0. The minimum Gasteiger partial charge on any atom is -0.357 e. The zero-order chi connectivity index (χ0) is 22.9. The summed E-state index contributed by atoms with van der Waals surface area (Å²) in [6, 6.07) is 11.1. The van der Waals surface area contributed by atoms with Gasteiger partial charge in [-0.1, -0.05) is 17.7 Å². The SMILES string of the molecule is CCN(CC)c1ccc(NC(=O)N2CCCC(CNC(=O)Nc3ccc(C)cc3)C2)cn1. The number of aromatic nitrogens is 1. The molecule has 1 aliphatic rings. The molecule has 1 aromatic heterocycles. The molecule has 4 amide bonds. The van der Waals surface area contributed by atoms with E-state index in [1.54, 1.807) is 6.20 Å². The van der Waals surface area contributed by atoms with Gasteiger partial charge in [0.15, 0.2) is 0 Å². The second-order valence-electron chi connectivity index (χ2n) is 8.16. The number of nitrogens with one attached hydrogen (secondary N) is 3. The molecule has 1 fully saturated rings. The molecule has 1 saturated heterocycles. The highest BCUT2D eigenvalue weighted by molar-refractivity contribution is 5.90. The first-order valence-electron chi connectivity index (χ1n) is 11.4. The Kier molecular flexibility index (Phi) is 8.30. The summed E-state index contributed by atoms with van der Waals surface area (Å²) in [7, 11) is 0. The summed E-state index contributed by atoms with van der Waals surface area (Å²) in [6.45, 7) is 9.82. The maximum absolute atomic E-state index is 12.7. The maximum Gasteiger partial charge on any atom is 0.321 e. The molecule has 172 valence electrons. The summed E-state index contributed by atoms with van der Waals surface area (Å²) in [5.41, 5.74) is 2.59. The van der Waals surface area contributed by atoms with Gasteiger partial charge in [0.1, 0.15) is 5.82 Å². The third kappa shape index (κ3) is 6.60. The number of hydrogen-bond donors (Lipinski definition) is 3. The summed E-state index contributed by atoms with van der Waals surface area (Å²) in [4.78, 5) is 33.3. The van der Waals surface area contributed by atoms with Gasteiger partial charge in [-0.15, -0.1) is 0 Å². The van der Waals surface area contributed by atoms with Crippen molar-refractivity contribution < 1.29 is 9.59 Å². The lowest BCUT2D eigenvalue weighted by Crippen LogP contribution is -2.45. The van der Waals surface area contributed by atoms with Crippen LogP contribution in [0.25, 0.3) is 0 Å². The monoisotopic (exact) mass is 438 g/mol. The number of benzene rings is 1.